The number of hydrazone groups is 1. The van der Waals surface area contributed by atoms with E-state index in [1.165, 1.54) is 27.5 Å². The largest absolute Gasteiger partial charge is 0.318 e. The van der Waals surface area contributed by atoms with Gasteiger partial charge in [-0.2, -0.15) is 15.1 Å². The summed E-state index contributed by atoms with van der Waals surface area (Å²) in [5.74, 6) is -0.118. The number of nitrogens with zero attached hydrogens (tertiary/aromatic N) is 4. The molecule has 1 aromatic heterocycles. The zero-order valence-corrected chi connectivity index (χ0v) is 19.2. The Morgan fingerprint density at radius 1 is 1.06 bits per heavy atom. The second-order valence-corrected chi connectivity index (χ2v) is 9.29. The molecule has 2 aliphatic heterocycles. The number of hydrogen-bond donors (Lipinski definition) is 1. The number of aliphatic imine (C=N–C) groups is 1. The van der Waals surface area contributed by atoms with Crippen LogP contribution in [0, 0.1) is 25.2 Å². The quantitative estimate of drug-likeness (QED) is 0.544. The minimum absolute atomic E-state index is 0.0682. The average Bonchev–Trinajstić information content (AvgIpc) is 3.31. The number of carbonyl (C=O) groups is 1. The van der Waals surface area contributed by atoms with E-state index in [0.717, 1.165) is 27.7 Å². The Balaban J connectivity index is 1.55. The standard InChI is InChI=1S/C25H23N5OS/c1-14(2)24-28-30-22(26)21(23(31)27-25(30)32-24)13-19-11-15(3)29(16(19)4)20-10-9-17-7-5-6-8-18(17)12-20/h5-14,26H,1-4H3/b21-13-,26-22?. The minimum Gasteiger partial charge on any atom is -0.318 e. The van der Waals surface area contributed by atoms with Crippen LogP contribution in [0.2, 0.25) is 0 Å². The first-order chi connectivity index (χ1) is 15.3. The number of fused-ring (bicyclic) bond motifs is 2. The topological polar surface area (TPSA) is 73.8 Å². The maximum Gasteiger partial charge on any atom is 0.283 e. The van der Waals surface area contributed by atoms with Crippen molar-refractivity contribution in [2.45, 2.75) is 27.7 Å². The zero-order chi connectivity index (χ0) is 22.6. The Hall–Kier alpha value is -3.45. The molecule has 3 heterocycles. The summed E-state index contributed by atoms with van der Waals surface area (Å²) in [6.07, 6.45) is 1.76. The molecule has 2 aromatic carbocycles. The fourth-order valence-electron chi connectivity index (χ4n) is 4.04. The molecule has 3 aromatic rings. The molecule has 1 amide bonds. The van der Waals surface area contributed by atoms with Crippen LogP contribution < -0.4 is 0 Å². The molecule has 0 spiro atoms. The fourth-order valence-corrected chi connectivity index (χ4v) is 4.93. The van der Waals surface area contributed by atoms with Crippen molar-refractivity contribution in [3.8, 4) is 5.69 Å². The van der Waals surface area contributed by atoms with Crippen molar-refractivity contribution in [3.05, 3.63) is 71.1 Å². The summed E-state index contributed by atoms with van der Waals surface area (Å²) in [5, 5.41) is 18.3. The molecule has 2 aliphatic rings. The number of amidine groups is 2. The average molecular weight is 442 g/mol. The lowest BCUT2D eigenvalue weighted by atomic mass is 10.1. The van der Waals surface area contributed by atoms with Gasteiger partial charge in [0, 0.05) is 23.0 Å². The molecule has 0 radical (unpaired) electrons. The highest BCUT2D eigenvalue weighted by Gasteiger charge is 2.36. The van der Waals surface area contributed by atoms with Gasteiger partial charge in [-0.05, 0) is 66.2 Å². The summed E-state index contributed by atoms with van der Waals surface area (Å²) in [6, 6.07) is 16.7. The number of nitrogens with one attached hydrogen (secondary N) is 1. The highest BCUT2D eigenvalue weighted by molar-refractivity contribution is 8.27. The van der Waals surface area contributed by atoms with Crippen LogP contribution in [0.3, 0.4) is 0 Å². The van der Waals surface area contributed by atoms with Crippen molar-refractivity contribution < 1.29 is 4.79 Å². The van der Waals surface area contributed by atoms with Gasteiger partial charge in [-0.15, -0.1) is 0 Å². The Kier molecular flexibility index (Phi) is 4.86. The van der Waals surface area contributed by atoms with Gasteiger partial charge in [0.15, 0.2) is 5.84 Å². The lowest BCUT2D eigenvalue weighted by Crippen LogP contribution is -2.35. The van der Waals surface area contributed by atoms with Gasteiger partial charge in [-0.3, -0.25) is 10.2 Å². The summed E-state index contributed by atoms with van der Waals surface area (Å²) >= 11 is 1.36. The van der Waals surface area contributed by atoms with Gasteiger partial charge in [0.25, 0.3) is 5.91 Å². The van der Waals surface area contributed by atoms with Crippen molar-refractivity contribution in [2.24, 2.45) is 16.0 Å². The summed E-state index contributed by atoms with van der Waals surface area (Å²) in [7, 11) is 0. The van der Waals surface area contributed by atoms with E-state index < -0.39 is 5.91 Å². The van der Waals surface area contributed by atoms with Crippen LogP contribution in [-0.4, -0.2) is 31.5 Å². The number of amides is 1. The van der Waals surface area contributed by atoms with Gasteiger partial charge in [0.05, 0.1) is 5.57 Å². The summed E-state index contributed by atoms with van der Waals surface area (Å²) < 4.78 is 2.17. The van der Waals surface area contributed by atoms with Gasteiger partial charge in [-0.25, -0.2) is 0 Å². The van der Waals surface area contributed by atoms with Crippen LogP contribution in [0.4, 0.5) is 0 Å². The summed E-state index contributed by atoms with van der Waals surface area (Å²) in [5.41, 5.74) is 4.27. The minimum atomic E-state index is -0.399. The number of carbonyl (C=O) groups excluding carboxylic acids is 1. The van der Waals surface area contributed by atoms with Crippen molar-refractivity contribution in [3.63, 3.8) is 0 Å². The zero-order valence-electron chi connectivity index (χ0n) is 18.4. The van der Waals surface area contributed by atoms with Crippen molar-refractivity contribution in [1.82, 2.24) is 9.58 Å². The Labute approximate surface area is 190 Å². The monoisotopic (exact) mass is 441 g/mol. The third kappa shape index (κ3) is 3.29. The second-order valence-electron chi connectivity index (χ2n) is 8.31. The molecule has 0 bridgehead atoms. The SMILES string of the molecule is Cc1cc(/C=C2/C(=N)N3N=C(C(C)C)SC3=NC2=O)c(C)n1-c1ccc2ccccc2c1. The summed E-state index contributed by atoms with van der Waals surface area (Å²) in [4.78, 5) is 16.9. The van der Waals surface area contributed by atoms with Crippen molar-refractivity contribution in [1.29, 1.82) is 5.41 Å². The highest BCUT2D eigenvalue weighted by atomic mass is 32.2. The van der Waals surface area contributed by atoms with Crippen LogP contribution in [0.1, 0.15) is 30.8 Å². The van der Waals surface area contributed by atoms with E-state index in [-0.39, 0.29) is 17.3 Å². The first kappa shape index (κ1) is 20.5. The maximum atomic E-state index is 12.8. The fraction of sp³-hybridized carbons (Fsp3) is 0.200. The number of aromatic nitrogens is 1. The molecular weight excluding hydrogens is 418 g/mol. The van der Waals surface area contributed by atoms with Crippen molar-refractivity contribution >= 4 is 50.6 Å². The predicted octanol–water partition coefficient (Wildman–Crippen LogP) is 5.52. The molecule has 0 saturated heterocycles. The van der Waals surface area contributed by atoms with E-state index in [4.69, 9.17) is 5.41 Å². The highest BCUT2D eigenvalue weighted by Crippen LogP contribution is 2.32. The Morgan fingerprint density at radius 3 is 2.56 bits per heavy atom. The van der Waals surface area contributed by atoms with Gasteiger partial charge in [0.2, 0.25) is 5.17 Å². The van der Waals surface area contributed by atoms with E-state index in [9.17, 15) is 4.79 Å². The molecule has 0 fully saturated rings. The van der Waals surface area contributed by atoms with Gasteiger partial charge in [-0.1, -0.05) is 44.2 Å². The smallest absolute Gasteiger partial charge is 0.283 e. The van der Waals surface area contributed by atoms with E-state index in [2.05, 4.69) is 45.0 Å². The number of aryl methyl sites for hydroxylation is 1. The van der Waals surface area contributed by atoms with Crippen molar-refractivity contribution in [2.75, 3.05) is 0 Å². The molecule has 0 atom stereocenters. The third-order valence-corrected chi connectivity index (χ3v) is 6.93. The second kappa shape index (κ2) is 7.60. The lowest BCUT2D eigenvalue weighted by molar-refractivity contribution is -0.114. The third-order valence-electron chi connectivity index (χ3n) is 5.73. The Morgan fingerprint density at radius 2 is 1.81 bits per heavy atom. The van der Waals surface area contributed by atoms with Crippen LogP contribution >= 0.6 is 11.8 Å². The normalized spacial score (nSPS) is 17.4. The van der Waals surface area contributed by atoms with Gasteiger partial charge in [0.1, 0.15) is 5.04 Å². The van der Waals surface area contributed by atoms with Gasteiger partial charge >= 0.3 is 0 Å². The van der Waals surface area contributed by atoms with E-state index in [1.807, 2.05) is 45.9 Å². The van der Waals surface area contributed by atoms with E-state index in [1.54, 1.807) is 6.08 Å². The van der Waals surface area contributed by atoms with Crippen LogP contribution in [-0.2, 0) is 4.79 Å². The molecule has 0 saturated carbocycles. The number of rotatable bonds is 3. The van der Waals surface area contributed by atoms with Gasteiger partial charge < -0.3 is 4.57 Å². The molecule has 1 N–H and O–H groups in total. The molecule has 5 rings (SSSR count). The van der Waals surface area contributed by atoms with Crippen LogP contribution in [0.15, 0.2) is 64.2 Å². The first-order valence-corrected chi connectivity index (χ1v) is 11.3. The lowest BCUT2D eigenvalue weighted by Gasteiger charge is -2.20. The summed E-state index contributed by atoms with van der Waals surface area (Å²) in [6.45, 7) is 8.15. The molecule has 0 aliphatic carbocycles. The van der Waals surface area contributed by atoms with Crippen LogP contribution in [0.25, 0.3) is 22.5 Å². The molecular formula is C25H23N5OS. The molecule has 32 heavy (non-hydrogen) atoms. The van der Waals surface area contributed by atoms with E-state index >= 15 is 0 Å². The number of hydrogen-bond acceptors (Lipinski definition) is 4. The molecule has 0 unspecified atom stereocenters. The Bertz CT molecular complexity index is 1390. The van der Waals surface area contributed by atoms with Crippen LogP contribution in [0.5, 0.6) is 0 Å². The number of benzene rings is 2. The predicted molar refractivity (Wildman–Crippen MR) is 133 cm³/mol. The number of thioether (sulfide) groups is 1. The molecule has 160 valence electrons. The first-order valence-electron chi connectivity index (χ1n) is 10.5. The van der Waals surface area contributed by atoms with E-state index in [0.29, 0.717) is 5.17 Å². The molecule has 6 nitrogen and oxygen atoms in total. The molecule has 7 heteroatoms. The maximum absolute atomic E-state index is 12.8.